The zero-order chi connectivity index (χ0) is 9.52. The smallest absolute Gasteiger partial charge is 0.120 e. The van der Waals surface area contributed by atoms with Crippen LogP contribution in [0.4, 0.5) is 0 Å². The number of rotatable bonds is 6. The molecular weight excluding hydrogens is 182 g/mol. The fourth-order valence-corrected chi connectivity index (χ4v) is 1.61. The minimum absolute atomic E-state index is 0.330. The lowest BCUT2D eigenvalue weighted by Crippen LogP contribution is -2.19. The van der Waals surface area contributed by atoms with Crippen LogP contribution in [0, 0.1) is 0 Å². The van der Waals surface area contributed by atoms with Crippen LogP contribution in [0.15, 0.2) is 22.8 Å². The van der Waals surface area contributed by atoms with Crippen LogP contribution in [0.1, 0.15) is 25.1 Å². The Bertz CT molecular complexity index is 211. The highest BCUT2D eigenvalue weighted by Crippen LogP contribution is 2.11. The fourth-order valence-electron chi connectivity index (χ4n) is 1.17. The van der Waals surface area contributed by atoms with Gasteiger partial charge in [-0.15, -0.1) is 0 Å². The molecule has 0 fully saturated rings. The normalized spacial score (nSPS) is 13.1. The largest absolute Gasteiger partial charge is 0.468 e. The molecule has 0 saturated heterocycles. The molecule has 0 saturated carbocycles. The third kappa shape index (κ3) is 3.87. The average molecular weight is 199 g/mol. The lowest BCUT2D eigenvalue weighted by atomic mass is 10.2. The van der Waals surface area contributed by atoms with Crippen molar-refractivity contribution in [2.45, 2.75) is 19.4 Å². The first-order chi connectivity index (χ1) is 6.34. The molecule has 0 aliphatic rings. The summed E-state index contributed by atoms with van der Waals surface area (Å²) < 4.78 is 5.28. The molecule has 3 heteroatoms. The zero-order valence-corrected chi connectivity index (χ0v) is 9.06. The second kappa shape index (κ2) is 6.11. The van der Waals surface area contributed by atoms with Crippen LogP contribution >= 0.6 is 11.8 Å². The highest BCUT2D eigenvalue weighted by Gasteiger charge is 2.05. The third-order valence-electron chi connectivity index (χ3n) is 1.95. The van der Waals surface area contributed by atoms with Gasteiger partial charge in [0.2, 0.25) is 0 Å². The van der Waals surface area contributed by atoms with Crippen LogP contribution < -0.4 is 5.32 Å². The molecule has 0 aliphatic heterocycles. The van der Waals surface area contributed by atoms with Crippen molar-refractivity contribution in [3.05, 3.63) is 24.2 Å². The summed E-state index contributed by atoms with van der Waals surface area (Å²) in [6, 6.07) is 4.26. The van der Waals surface area contributed by atoms with Gasteiger partial charge in [0.15, 0.2) is 0 Å². The summed E-state index contributed by atoms with van der Waals surface area (Å²) in [4.78, 5) is 0. The van der Waals surface area contributed by atoms with E-state index in [1.165, 1.54) is 12.2 Å². The molecule has 1 aromatic rings. The summed E-state index contributed by atoms with van der Waals surface area (Å²) in [5, 5.41) is 3.41. The van der Waals surface area contributed by atoms with Crippen LogP contribution in [0.5, 0.6) is 0 Å². The van der Waals surface area contributed by atoms with Crippen molar-refractivity contribution in [3.63, 3.8) is 0 Å². The molecule has 0 aromatic carbocycles. The van der Waals surface area contributed by atoms with Gasteiger partial charge in [-0.2, -0.15) is 11.8 Å². The maximum atomic E-state index is 5.28. The van der Waals surface area contributed by atoms with Crippen molar-refractivity contribution in [3.8, 4) is 0 Å². The van der Waals surface area contributed by atoms with Gasteiger partial charge in [-0.25, -0.2) is 0 Å². The maximum absolute atomic E-state index is 5.28. The number of hydrogen-bond acceptors (Lipinski definition) is 3. The number of furan rings is 1. The quantitative estimate of drug-likeness (QED) is 0.713. The zero-order valence-electron chi connectivity index (χ0n) is 8.25. The van der Waals surface area contributed by atoms with E-state index in [0.29, 0.717) is 6.04 Å². The number of hydrogen-bond donors (Lipinski definition) is 1. The molecule has 1 N–H and O–H groups in total. The molecular formula is C10H17NOS. The topological polar surface area (TPSA) is 25.2 Å². The van der Waals surface area contributed by atoms with Gasteiger partial charge in [0, 0.05) is 0 Å². The summed E-state index contributed by atoms with van der Waals surface area (Å²) >= 11 is 1.89. The van der Waals surface area contributed by atoms with Gasteiger partial charge in [0.1, 0.15) is 5.76 Å². The first kappa shape index (κ1) is 10.7. The van der Waals surface area contributed by atoms with Crippen molar-refractivity contribution in [1.82, 2.24) is 5.32 Å². The Hall–Kier alpha value is -0.410. The summed E-state index contributed by atoms with van der Waals surface area (Å²) in [5.41, 5.74) is 0. The summed E-state index contributed by atoms with van der Waals surface area (Å²) in [7, 11) is 0. The summed E-state index contributed by atoms with van der Waals surface area (Å²) in [5.74, 6) is 2.24. The predicted molar refractivity (Wildman–Crippen MR) is 58.1 cm³/mol. The second-order valence-corrected chi connectivity index (χ2v) is 4.02. The van der Waals surface area contributed by atoms with Crippen molar-refractivity contribution < 1.29 is 4.42 Å². The van der Waals surface area contributed by atoms with E-state index in [1.807, 2.05) is 23.9 Å². The standard InChI is InChI=1S/C10H17NOS/c1-9(10-5-3-7-12-10)11-6-4-8-13-2/h3,5,7,9,11H,4,6,8H2,1-2H3. The molecule has 1 unspecified atom stereocenters. The van der Waals surface area contributed by atoms with Gasteiger partial charge in [-0.1, -0.05) is 0 Å². The number of thioether (sulfide) groups is 1. The van der Waals surface area contributed by atoms with E-state index in [0.717, 1.165) is 12.3 Å². The van der Waals surface area contributed by atoms with Gasteiger partial charge < -0.3 is 9.73 Å². The SMILES string of the molecule is CSCCCNC(C)c1ccco1. The molecule has 0 amide bonds. The van der Waals surface area contributed by atoms with Gasteiger partial charge >= 0.3 is 0 Å². The van der Waals surface area contributed by atoms with Crippen LogP contribution in [0.2, 0.25) is 0 Å². The Morgan fingerprint density at radius 3 is 3.08 bits per heavy atom. The first-order valence-corrected chi connectivity index (χ1v) is 5.99. The second-order valence-electron chi connectivity index (χ2n) is 3.04. The van der Waals surface area contributed by atoms with Crippen molar-refractivity contribution in [2.24, 2.45) is 0 Å². The Morgan fingerprint density at radius 2 is 2.46 bits per heavy atom. The van der Waals surface area contributed by atoms with E-state index in [2.05, 4.69) is 18.5 Å². The van der Waals surface area contributed by atoms with E-state index < -0.39 is 0 Å². The Labute approximate surface area is 84.1 Å². The molecule has 2 nitrogen and oxygen atoms in total. The minimum Gasteiger partial charge on any atom is -0.468 e. The summed E-state index contributed by atoms with van der Waals surface area (Å²) in [6.45, 7) is 3.18. The molecule has 13 heavy (non-hydrogen) atoms. The minimum atomic E-state index is 0.330. The Kier molecular flexibility index (Phi) is 5.01. The molecule has 0 bridgehead atoms. The lowest BCUT2D eigenvalue weighted by molar-refractivity contribution is 0.432. The van der Waals surface area contributed by atoms with E-state index in [4.69, 9.17) is 4.42 Å². The van der Waals surface area contributed by atoms with Crippen molar-refractivity contribution in [2.75, 3.05) is 18.6 Å². The Morgan fingerprint density at radius 1 is 1.62 bits per heavy atom. The van der Waals surface area contributed by atoms with Gasteiger partial charge in [-0.3, -0.25) is 0 Å². The Balaban J connectivity index is 2.15. The van der Waals surface area contributed by atoms with Crippen LogP contribution in [-0.2, 0) is 0 Å². The van der Waals surface area contributed by atoms with Gasteiger partial charge in [-0.05, 0) is 44.0 Å². The van der Waals surface area contributed by atoms with Crippen molar-refractivity contribution >= 4 is 11.8 Å². The first-order valence-electron chi connectivity index (χ1n) is 4.60. The van der Waals surface area contributed by atoms with Crippen molar-refractivity contribution in [1.29, 1.82) is 0 Å². The average Bonchev–Trinajstić information content (AvgIpc) is 2.65. The van der Waals surface area contributed by atoms with Crippen LogP contribution in [0.3, 0.4) is 0 Å². The van der Waals surface area contributed by atoms with E-state index in [-0.39, 0.29) is 0 Å². The fraction of sp³-hybridized carbons (Fsp3) is 0.600. The predicted octanol–water partition coefficient (Wildman–Crippen LogP) is 2.68. The van der Waals surface area contributed by atoms with Gasteiger partial charge in [0.05, 0.1) is 12.3 Å². The molecule has 1 rings (SSSR count). The highest BCUT2D eigenvalue weighted by atomic mass is 32.2. The molecule has 0 radical (unpaired) electrons. The molecule has 0 aliphatic carbocycles. The van der Waals surface area contributed by atoms with Gasteiger partial charge in [0.25, 0.3) is 0 Å². The maximum Gasteiger partial charge on any atom is 0.120 e. The van der Waals surface area contributed by atoms with E-state index >= 15 is 0 Å². The molecule has 0 spiro atoms. The number of nitrogens with one attached hydrogen (secondary N) is 1. The molecule has 1 aromatic heterocycles. The lowest BCUT2D eigenvalue weighted by Gasteiger charge is -2.10. The summed E-state index contributed by atoms with van der Waals surface area (Å²) in [6.07, 6.45) is 5.07. The third-order valence-corrected chi connectivity index (χ3v) is 2.64. The van der Waals surface area contributed by atoms with Crippen LogP contribution in [0.25, 0.3) is 0 Å². The highest BCUT2D eigenvalue weighted by molar-refractivity contribution is 7.98. The van der Waals surface area contributed by atoms with E-state index in [1.54, 1.807) is 6.26 Å². The molecule has 1 heterocycles. The van der Waals surface area contributed by atoms with Crippen LogP contribution in [-0.4, -0.2) is 18.6 Å². The molecule has 74 valence electrons. The monoisotopic (exact) mass is 199 g/mol. The van der Waals surface area contributed by atoms with E-state index in [9.17, 15) is 0 Å². The molecule has 1 atom stereocenters.